The Kier molecular flexibility index (Phi) is 6.28. The molecule has 3 aromatic rings. The molecular weight excluding hydrogens is 503 g/mol. The maximum absolute atomic E-state index is 13.3. The van der Waals surface area contributed by atoms with Crippen molar-refractivity contribution in [3.8, 4) is 6.07 Å². The third-order valence-electron chi connectivity index (χ3n) is 4.74. The Balaban J connectivity index is 1.69. The fourth-order valence-corrected chi connectivity index (χ4v) is 3.83. The molecule has 0 radical (unpaired) electrons. The average Bonchev–Trinajstić information content (AvgIpc) is 3.39. The molecule has 0 saturated carbocycles. The van der Waals surface area contributed by atoms with E-state index in [1.54, 1.807) is 47.3 Å². The van der Waals surface area contributed by atoms with Crippen molar-refractivity contribution in [3.63, 3.8) is 0 Å². The third-order valence-corrected chi connectivity index (χ3v) is 5.65. The number of nitriles is 1. The number of urea groups is 1. The predicted molar refractivity (Wildman–Crippen MR) is 123 cm³/mol. The van der Waals surface area contributed by atoms with Gasteiger partial charge in [0.2, 0.25) is 0 Å². The van der Waals surface area contributed by atoms with Crippen LogP contribution >= 0.6 is 39.1 Å². The Morgan fingerprint density at radius 2 is 1.81 bits per heavy atom. The summed E-state index contributed by atoms with van der Waals surface area (Å²) in [5, 5.41) is 20.8. The van der Waals surface area contributed by atoms with Crippen molar-refractivity contribution >= 4 is 56.6 Å². The van der Waals surface area contributed by atoms with Crippen LogP contribution in [0.25, 0.3) is 0 Å². The number of rotatable bonds is 4. The van der Waals surface area contributed by atoms with E-state index in [9.17, 15) is 10.1 Å². The molecule has 7 nitrogen and oxygen atoms in total. The smallest absolute Gasteiger partial charge is 0.279 e. The van der Waals surface area contributed by atoms with Gasteiger partial charge in [-0.3, -0.25) is 9.58 Å². The van der Waals surface area contributed by atoms with Gasteiger partial charge in [-0.1, -0.05) is 35.3 Å². The summed E-state index contributed by atoms with van der Waals surface area (Å²) in [7, 11) is 0. The molecule has 2 heterocycles. The third kappa shape index (κ3) is 4.59. The molecule has 1 unspecified atom stereocenters. The second-order valence-corrected chi connectivity index (χ2v) is 8.52. The van der Waals surface area contributed by atoms with Crippen LogP contribution in [0.2, 0.25) is 10.0 Å². The van der Waals surface area contributed by atoms with Crippen molar-refractivity contribution in [1.82, 2.24) is 14.8 Å². The molecule has 1 aliphatic rings. The zero-order chi connectivity index (χ0) is 22.0. The molecule has 10 heteroatoms. The highest BCUT2D eigenvalue weighted by molar-refractivity contribution is 9.10. The quantitative estimate of drug-likeness (QED) is 0.437. The van der Waals surface area contributed by atoms with Gasteiger partial charge >= 0.3 is 6.03 Å². The van der Waals surface area contributed by atoms with E-state index in [0.29, 0.717) is 21.4 Å². The predicted octanol–water partition coefficient (Wildman–Crippen LogP) is 5.36. The van der Waals surface area contributed by atoms with Crippen molar-refractivity contribution in [2.24, 2.45) is 5.10 Å². The van der Waals surface area contributed by atoms with Gasteiger partial charge in [0.05, 0.1) is 29.0 Å². The second kappa shape index (κ2) is 9.10. The molecule has 2 aromatic carbocycles. The normalized spacial score (nSPS) is 15.5. The number of benzene rings is 2. The monoisotopic (exact) mass is 516 g/mol. The van der Waals surface area contributed by atoms with Crippen LogP contribution in [0.5, 0.6) is 0 Å². The molecule has 4 rings (SSSR count). The maximum Gasteiger partial charge on any atom is 0.345 e. The van der Waals surface area contributed by atoms with E-state index in [4.69, 9.17) is 23.2 Å². The van der Waals surface area contributed by atoms with Gasteiger partial charge in [0.1, 0.15) is 12.6 Å². The van der Waals surface area contributed by atoms with Gasteiger partial charge in [-0.15, -0.1) is 0 Å². The van der Waals surface area contributed by atoms with Crippen molar-refractivity contribution < 1.29 is 4.79 Å². The summed E-state index contributed by atoms with van der Waals surface area (Å²) >= 11 is 15.4. The van der Waals surface area contributed by atoms with E-state index in [2.05, 4.69) is 26.1 Å². The van der Waals surface area contributed by atoms with E-state index >= 15 is 0 Å². The number of amides is 2. The highest BCUT2D eigenvalue weighted by Crippen LogP contribution is 2.28. The zero-order valence-electron chi connectivity index (χ0n) is 16.0. The van der Waals surface area contributed by atoms with Crippen molar-refractivity contribution in [3.05, 3.63) is 81.0 Å². The average molecular weight is 518 g/mol. The van der Waals surface area contributed by atoms with E-state index in [-0.39, 0.29) is 19.1 Å². The molecule has 1 aliphatic heterocycles. The van der Waals surface area contributed by atoms with Crippen molar-refractivity contribution in [2.75, 3.05) is 18.0 Å². The lowest BCUT2D eigenvalue weighted by molar-refractivity contribution is 0.209. The lowest BCUT2D eigenvalue weighted by atomic mass is 10.0. The number of hydrogen-bond acceptors (Lipinski definition) is 4. The minimum atomic E-state index is -0.413. The number of halogens is 3. The van der Waals surface area contributed by atoms with Gasteiger partial charge in [0, 0.05) is 27.5 Å². The van der Waals surface area contributed by atoms with Gasteiger partial charge in [-0.25, -0.2) is 9.80 Å². The van der Waals surface area contributed by atoms with Gasteiger partial charge in [0.15, 0.2) is 0 Å². The van der Waals surface area contributed by atoms with E-state index in [1.807, 2.05) is 24.4 Å². The van der Waals surface area contributed by atoms with Crippen LogP contribution in [-0.2, 0) is 0 Å². The molecular formula is C21H15BrCl2N6O. The minimum absolute atomic E-state index is 0.124. The first-order valence-corrected chi connectivity index (χ1v) is 10.8. The number of carbonyl (C=O) groups excluding carboxylic acids is 1. The van der Waals surface area contributed by atoms with E-state index < -0.39 is 6.03 Å². The SMILES string of the molecule is N#CCN(C(=O)N1CC(n2cc(Br)cn2)C(c2ccc(Cl)cc2)=N1)c1ccc(Cl)cc1. The molecule has 2 amide bonds. The van der Waals surface area contributed by atoms with Crippen LogP contribution in [0.4, 0.5) is 10.5 Å². The lowest BCUT2D eigenvalue weighted by Crippen LogP contribution is -2.41. The summed E-state index contributed by atoms with van der Waals surface area (Å²) in [6, 6.07) is 15.3. The summed E-state index contributed by atoms with van der Waals surface area (Å²) in [5.74, 6) is 0. The van der Waals surface area contributed by atoms with Crippen LogP contribution in [0, 0.1) is 11.3 Å². The fraction of sp³-hybridized carbons (Fsp3) is 0.143. The summed E-state index contributed by atoms with van der Waals surface area (Å²) in [5.41, 5.74) is 2.06. The molecule has 0 bridgehead atoms. The van der Waals surface area contributed by atoms with Gasteiger partial charge in [0.25, 0.3) is 0 Å². The molecule has 31 heavy (non-hydrogen) atoms. The first-order valence-electron chi connectivity index (χ1n) is 9.22. The largest absolute Gasteiger partial charge is 0.345 e. The molecule has 0 aliphatic carbocycles. The summed E-state index contributed by atoms with van der Waals surface area (Å²) in [6.45, 7) is 0.140. The van der Waals surface area contributed by atoms with Crippen LogP contribution < -0.4 is 4.90 Å². The standard InChI is InChI=1S/C21H15BrCl2N6O/c22-15-11-26-29(12-15)19-13-30(27-20(19)14-1-3-16(23)4-2-14)21(31)28(10-9-25)18-7-5-17(24)6-8-18/h1-8,11-12,19H,10,13H2. The van der Waals surface area contributed by atoms with E-state index in [1.165, 1.54) is 9.91 Å². The topological polar surface area (TPSA) is 77.5 Å². The Labute approximate surface area is 197 Å². The Morgan fingerprint density at radius 3 is 2.39 bits per heavy atom. The number of hydrogen-bond donors (Lipinski definition) is 0. The molecule has 0 N–H and O–H groups in total. The zero-order valence-corrected chi connectivity index (χ0v) is 19.1. The minimum Gasteiger partial charge on any atom is -0.279 e. The van der Waals surface area contributed by atoms with Crippen LogP contribution in [0.15, 0.2) is 70.5 Å². The lowest BCUT2D eigenvalue weighted by Gasteiger charge is -2.24. The Bertz CT molecular complexity index is 1170. The second-order valence-electron chi connectivity index (χ2n) is 6.73. The molecule has 1 aromatic heterocycles. The van der Waals surface area contributed by atoms with Crippen LogP contribution in [0.3, 0.4) is 0 Å². The van der Waals surface area contributed by atoms with Gasteiger partial charge < -0.3 is 0 Å². The first-order chi connectivity index (χ1) is 15.0. The van der Waals surface area contributed by atoms with Crippen LogP contribution in [-0.4, -0.2) is 39.6 Å². The first kappa shape index (κ1) is 21.4. The van der Waals surface area contributed by atoms with Crippen LogP contribution in [0.1, 0.15) is 11.6 Å². The van der Waals surface area contributed by atoms with Gasteiger partial charge in [-0.2, -0.15) is 15.5 Å². The summed E-state index contributed by atoms with van der Waals surface area (Å²) < 4.78 is 2.57. The molecule has 156 valence electrons. The van der Waals surface area contributed by atoms with Crippen molar-refractivity contribution in [2.45, 2.75) is 6.04 Å². The molecule has 0 fully saturated rings. The number of hydrazone groups is 1. The Morgan fingerprint density at radius 1 is 1.16 bits per heavy atom. The number of nitrogens with zero attached hydrogens (tertiary/aromatic N) is 6. The Hall–Kier alpha value is -2.86. The number of carbonyl (C=O) groups is 1. The van der Waals surface area contributed by atoms with Crippen molar-refractivity contribution in [1.29, 1.82) is 5.26 Å². The summed E-state index contributed by atoms with van der Waals surface area (Å²) in [4.78, 5) is 14.7. The van der Waals surface area contributed by atoms with Gasteiger partial charge in [-0.05, 0) is 52.3 Å². The summed E-state index contributed by atoms with van der Waals surface area (Å²) in [6.07, 6.45) is 3.51. The highest BCUT2D eigenvalue weighted by atomic mass is 79.9. The molecule has 0 saturated heterocycles. The highest BCUT2D eigenvalue weighted by Gasteiger charge is 2.35. The van der Waals surface area contributed by atoms with E-state index in [0.717, 1.165) is 10.0 Å². The maximum atomic E-state index is 13.3. The number of aromatic nitrogens is 2. The fourth-order valence-electron chi connectivity index (χ4n) is 3.27. The molecule has 0 spiro atoms. The number of anilines is 1. The molecule has 1 atom stereocenters.